The highest BCUT2D eigenvalue weighted by atomic mass is 16.2. The molecule has 1 aliphatic heterocycles. The summed E-state index contributed by atoms with van der Waals surface area (Å²) in [5, 5.41) is 6.18. The van der Waals surface area contributed by atoms with Crippen molar-refractivity contribution in [2.24, 2.45) is 5.92 Å². The second-order valence-corrected chi connectivity index (χ2v) is 5.76. The van der Waals surface area contributed by atoms with Crippen molar-refractivity contribution in [1.29, 1.82) is 0 Å². The van der Waals surface area contributed by atoms with Crippen LogP contribution in [0.4, 0.5) is 0 Å². The van der Waals surface area contributed by atoms with Crippen LogP contribution >= 0.6 is 0 Å². The minimum Gasteiger partial charge on any atom is -0.356 e. The molecule has 0 aromatic carbocycles. The van der Waals surface area contributed by atoms with Crippen LogP contribution in [0.3, 0.4) is 0 Å². The Bertz CT molecular complexity index is 310. The van der Waals surface area contributed by atoms with Crippen molar-refractivity contribution in [3.63, 3.8) is 0 Å². The zero-order valence-electron chi connectivity index (χ0n) is 13.1. The fourth-order valence-corrected chi connectivity index (χ4v) is 2.50. The second kappa shape index (κ2) is 8.95. The molecule has 5 nitrogen and oxygen atoms in total. The molecule has 0 atom stereocenters. The third-order valence-corrected chi connectivity index (χ3v) is 3.69. The van der Waals surface area contributed by atoms with Gasteiger partial charge in [0, 0.05) is 38.0 Å². The van der Waals surface area contributed by atoms with Crippen LogP contribution in [-0.2, 0) is 9.59 Å². The maximum atomic E-state index is 12.0. The lowest BCUT2D eigenvalue weighted by atomic mass is 9.95. The van der Waals surface area contributed by atoms with Gasteiger partial charge in [0.05, 0.1) is 0 Å². The summed E-state index contributed by atoms with van der Waals surface area (Å²) in [6.45, 7) is 9.15. The van der Waals surface area contributed by atoms with Crippen LogP contribution in [-0.4, -0.2) is 48.9 Å². The van der Waals surface area contributed by atoms with E-state index in [1.807, 2.05) is 11.8 Å². The van der Waals surface area contributed by atoms with Gasteiger partial charge in [-0.25, -0.2) is 0 Å². The van der Waals surface area contributed by atoms with E-state index in [1.54, 1.807) is 0 Å². The van der Waals surface area contributed by atoms with Crippen LogP contribution in [0.2, 0.25) is 0 Å². The molecule has 0 aromatic rings. The Labute approximate surface area is 122 Å². The maximum Gasteiger partial charge on any atom is 0.223 e. The summed E-state index contributed by atoms with van der Waals surface area (Å²) in [5.41, 5.74) is 0. The number of amides is 2. The number of nitrogens with zero attached hydrogens (tertiary/aromatic N) is 1. The van der Waals surface area contributed by atoms with Crippen molar-refractivity contribution >= 4 is 11.8 Å². The molecule has 2 N–H and O–H groups in total. The minimum atomic E-state index is 0.0848. The number of hydrogen-bond acceptors (Lipinski definition) is 3. The van der Waals surface area contributed by atoms with Gasteiger partial charge in [-0.2, -0.15) is 0 Å². The summed E-state index contributed by atoms with van der Waals surface area (Å²) >= 11 is 0. The minimum absolute atomic E-state index is 0.0848. The second-order valence-electron chi connectivity index (χ2n) is 5.76. The van der Waals surface area contributed by atoms with Crippen LogP contribution in [0.25, 0.3) is 0 Å². The number of hydrogen-bond donors (Lipinski definition) is 2. The summed E-state index contributed by atoms with van der Waals surface area (Å²) < 4.78 is 0. The van der Waals surface area contributed by atoms with Gasteiger partial charge in [-0.1, -0.05) is 13.8 Å². The number of nitrogens with one attached hydrogen (secondary N) is 2. The number of likely N-dealkylation sites (tertiary alicyclic amines) is 1. The molecule has 0 aliphatic carbocycles. The van der Waals surface area contributed by atoms with E-state index in [-0.39, 0.29) is 17.7 Å². The first kappa shape index (κ1) is 17.0. The predicted molar refractivity (Wildman–Crippen MR) is 80.4 cm³/mol. The Hall–Kier alpha value is -1.10. The lowest BCUT2D eigenvalue weighted by Crippen LogP contribution is -2.43. The first-order chi connectivity index (χ1) is 9.54. The van der Waals surface area contributed by atoms with Gasteiger partial charge in [0.25, 0.3) is 0 Å². The molecule has 1 rings (SSSR count). The molecule has 0 spiro atoms. The van der Waals surface area contributed by atoms with Gasteiger partial charge in [-0.05, 0) is 32.7 Å². The standard InChI is InChI=1S/C15H29N3O2/c1-4-16-15(20)13-7-10-18(11-8-13)14(19)6-5-9-17-12(2)3/h12-13,17H,4-11H2,1-3H3,(H,16,20). The number of piperidine rings is 1. The molecule has 0 saturated carbocycles. The predicted octanol–water partition coefficient (Wildman–Crippen LogP) is 1.14. The van der Waals surface area contributed by atoms with Crippen molar-refractivity contribution in [3.8, 4) is 0 Å². The van der Waals surface area contributed by atoms with E-state index >= 15 is 0 Å². The van der Waals surface area contributed by atoms with Crippen LogP contribution in [0.15, 0.2) is 0 Å². The Morgan fingerprint density at radius 1 is 1.25 bits per heavy atom. The van der Waals surface area contributed by atoms with Crippen LogP contribution in [0.1, 0.15) is 46.5 Å². The van der Waals surface area contributed by atoms with E-state index < -0.39 is 0 Å². The molecule has 0 aromatic heterocycles. The van der Waals surface area contributed by atoms with Gasteiger partial charge in [0.1, 0.15) is 0 Å². The summed E-state index contributed by atoms with van der Waals surface area (Å²) in [5.74, 6) is 0.451. The fourth-order valence-electron chi connectivity index (χ4n) is 2.50. The molecular weight excluding hydrogens is 254 g/mol. The number of carbonyl (C=O) groups excluding carboxylic acids is 2. The average Bonchev–Trinajstić information content (AvgIpc) is 2.43. The quantitative estimate of drug-likeness (QED) is 0.689. The van der Waals surface area contributed by atoms with E-state index in [0.717, 1.165) is 38.9 Å². The Kier molecular flexibility index (Phi) is 7.59. The van der Waals surface area contributed by atoms with E-state index in [4.69, 9.17) is 0 Å². The van der Waals surface area contributed by atoms with Gasteiger partial charge in [0.2, 0.25) is 11.8 Å². The summed E-state index contributed by atoms with van der Waals surface area (Å²) in [6.07, 6.45) is 3.07. The van der Waals surface area contributed by atoms with E-state index in [0.29, 0.717) is 19.0 Å². The van der Waals surface area contributed by atoms with Crippen molar-refractivity contribution < 1.29 is 9.59 Å². The largest absolute Gasteiger partial charge is 0.356 e. The van der Waals surface area contributed by atoms with Gasteiger partial charge >= 0.3 is 0 Å². The molecule has 1 saturated heterocycles. The molecule has 0 radical (unpaired) electrons. The normalized spacial score (nSPS) is 16.5. The summed E-state index contributed by atoms with van der Waals surface area (Å²) in [7, 11) is 0. The zero-order valence-corrected chi connectivity index (χ0v) is 13.1. The maximum absolute atomic E-state index is 12.0. The summed E-state index contributed by atoms with van der Waals surface area (Å²) in [4.78, 5) is 25.7. The molecule has 1 heterocycles. The highest BCUT2D eigenvalue weighted by Crippen LogP contribution is 2.18. The first-order valence-corrected chi connectivity index (χ1v) is 7.83. The van der Waals surface area contributed by atoms with E-state index in [2.05, 4.69) is 24.5 Å². The first-order valence-electron chi connectivity index (χ1n) is 7.83. The Morgan fingerprint density at radius 2 is 1.90 bits per heavy atom. The van der Waals surface area contributed by atoms with Gasteiger partial charge in [0.15, 0.2) is 0 Å². The Balaban J connectivity index is 2.20. The number of carbonyl (C=O) groups is 2. The monoisotopic (exact) mass is 283 g/mol. The van der Waals surface area contributed by atoms with Crippen molar-refractivity contribution in [2.45, 2.75) is 52.5 Å². The average molecular weight is 283 g/mol. The van der Waals surface area contributed by atoms with Crippen LogP contribution in [0.5, 0.6) is 0 Å². The fraction of sp³-hybridized carbons (Fsp3) is 0.867. The molecular formula is C15H29N3O2. The van der Waals surface area contributed by atoms with E-state index in [9.17, 15) is 9.59 Å². The molecule has 1 fully saturated rings. The third kappa shape index (κ3) is 5.90. The van der Waals surface area contributed by atoms with Gasteiger partial charge in [-0.3, -0.25) is 9.59 Å². The highest BCUT2D eigenvalue weighted by Gasteiger charge is 2.26. The Morgan fingerprint density at radius 3 is 2.45 bits per heavy atom. The summed E-state index contributed by atoms with van der Waals surface area (Å²) in [6, 6.07) is 0.470. The molecule has 1 aliphatic rings. The van der Waals surface area contributed by atoms with Crippen LogP contribution in [0, 0.1) is 5.92 Å². The lowest BCUT2D eigenvalue weighted by molar-refractivity contribution is -0.135. The van der Waals surface area contributed by atoms with Crippen molar-refractivity contribution in [2.75, 3.05) is 26.2 Å². The lowest BCUT2D eigenvalue weighted by Gasteiger charge is -2.31. The molecule has 5 heteroatoms. The van der Waals surface area contributed by atoms with Crippen LogP contribution < -0.4 is 10.6 Å². The topological polar surface area (TPSA) is 61.4 Å². The zero-order chi connectivity index (χ0) is 15.0. The molecule has 0 bridgehead atoms. The van der Waals surface area contributed by atoms with Gasteiger partial charge in [-0.15, -0.1) is 0 Å². The van der Waals surface area contributed by atoms with Crippen molar-refractivity contribution in [1.82, 2.24) is 15.5 Å². The molecule has 0 unspecified atom stereocenters. The SMILES string of the molecule is CCNC(=O)C1CCN(C(=O)CCCNC(C)C)CC1. The number of rotatable bonds is 7. The molecule has 116 valence electrons. The smallest absolute Gasteiger partial charge is 0.223 e. The molecule has 20 heavy (non-hydrogen) atoms. The third-order valence-electron chi connectivity index (χ3n) is 3.69. The molecule has 2 amide bonds. The van der Waals surface area contributed by atoms with Crippen molar-refractivity contribution in [3.05, 3.63) is 0 Å². The van der Waals surface area contributed by atoms with Gasteiger partial charge < -0.3 is 15.5 Å². The van der Waals surface area contributed by atoms with E-state index in [1.165, 1.54) is 0 Å². The highest BCUT2D eigenvalue weighted by molar-refractivity contribution is 5.80.